The highest BCUT2D eigenvalue weighted by Crippen LogP contribution is 2.29. The van der Waals surface area contributed by atoms with Crippen molar-refractivity contribution in [1.82, 2.24) is 10.2 Å². The predicted molar refractivity (Wildman–Crippen MR) is 100 cm³/mol. The van der Waals surface area contributed by atoms with Crippen LogP contribution in [0.15, 0.2) is 29.6 Å². The van der Waals surface area contributed by atoms with Crippen LogP contribution in [0.5, 0.6) is 0 Å². The second-order valence-corrected chi connectivity index (χ2v) is 8.18. The summed E-state index contributed by atoms with van der Waals surface area (Å²) in [6.45, 7) is 1.15. The van der Waals surface area contributed by atoms with Gasteiger partial charge in [-0.15, -0.1) is 11.3 Å². The summed E-state index contributed by atoms with van der Waals surface area (Å²) in [5, 5.41) is 6.39. The average molecular weight is 356 g/mol. The third kappa shape index (κ3) is 3.56. The maximum Gasteiger partial charge on any atom is 0.225 e. The summed E-state index contributed by atoms with van der Waals surface area (Å²) in [7, 11) is 0. The van der Waals surface area contributed by atoms with Crippen molar-refractivity contribution in [3.05, 3.63) is 35.2 Å². The highest BCUT2D eigenvalue weighted by atomic mass is 32.1. The van der Waals surface area contributed by atoms with Gasteiger partial charge in [-0.25, -0.2) is 0 Å². The number of fused-ring (bicyclic) bond motifs is 1. The Bertz CT molecular complexity index is 779. The Hall–Kier alpha value is -1.88. The lowest BCUT2D eigenvalue weighted by molar-refractivity contribution is -0.140. The molecule has 1 saturated heterocycles. The topological polar surface area (TPSA) is 49.4 Å². The number of carbonyl (C=O) groups is 2. The Kier molecular flexibility index (Phi) is 4.75. The zero-order chi connectivity index (χ0) is 17.2. The van der Waals surface area contributed by atoms with Gasteiger partial charge in [-0.05, 0) is 53.8 Å². The fourth-order valence-electron chi connectivity index (χ4n) is 4.11. The molecule has 1 N–H and O–H groups in total. The molecule has 1 aliphatic carbocycles. The van der Waals surface area contributed by atoms with Crippen LogP contribution in [0.25, 0.3) is 10.1 Å². The second kappa shape index (κ2) is 7.16. The SMILES string of the molecule is O=C(NCc1ccc2sccc2c1)[C@@H]1CCC(=O)N(C2CCCC2)C1. The summed E-state index contributed by atoms with van der Waals surface area (Å²) in [4.78, 5) is 26.8. The van der Waals surface area contributed by atoms with Gasteiger partial charge in [0.2, 0.25) is 11.8 Å². The summed E-state index contributed by atoms with van der Waals surface area (Å²) < 4.78 is 1.27. The number of likely N-dealkylation sites (tertiary alicyclic amines) is 1. The van der Waals surface area contributed by atoms with Crippen molar-refractivity contribution in [1.29, 1.82) is 0 Å². The zero-order valence-electron chi connectivity index (χ0n) is 14.4. The molecule has 0 spiro atoms. The van der Waals surface area contributed by atoms with Crippen LogP contribution in [0.2, 0.25) is 0 Å². The highest BCUT2D eigenvalue weighted by molar-refractivity contribution is 7.17. The molecule has 1 atom stereocenters. The molecule has 1 aromatic heterocycles. The number of hydrogen-bond acceptors (Lipinski definition) is 3. The van der Waals surface area contributed by atoms with Gasteiger partial charge in [0.1, 0.15) is 0 Å². The Morgan fingerprint density at radius 2 is 2.04 bits per heavy atom. The molecule has 2 heterocycles. The van der Waals surface area contributed by atoms with Crippen molar-refractivity contribution in [2.75, 3.05) is 6.54 Å². The van der Waals surface area contributed by atoms with Crippen molar-refractivity contribution in [2.45, 2.75) is 51.1 Å². The molecule has 0 bridgehead atoms. The number of carbonyl (C=O) groups excluding carboxylic acids is 2. The Labute approximate surface area is 152 Å². The number of thiophene rings is 1. The van der Waals surface area contributed by atoms with Gasteiger partial charge in [-0.1, -0.05) is 18.9 Å². The minimum atomic E-state index is -0.0665. The summed E-state index contributed by atoms with van der Waals surface area (Å²) in [5.74, 6) is 0.253. The standard InChI is InChI=1S/C20H24N2O2S/c23-19-8-6-16(13-22(19)17-3-1-2-4-17)20(24)21-12-14-5-7-18-15(11-14)9-10-25-18/h5,7,9-11,16-17H,1-4,6,8,12-13H2,(H,21,24)/t16-/m1/s1. The molecule has 5 heteroatoms. The average Bonchev–Trinajstić information content (AvgIpc) is 3.31. The van der Waals surface area contributed by atoms with E-state index in [1.54, 1.807) is 11.3 Å². The molecule has 2 aromatic rings. The monoisotopic (exact) mass is 356 g/mol. The maximum absolute atomic E-state index is 12.6. The number of rotatable bonds is 4. The van der Waals surface area contributed by atoms with Gasteiger partial charge in [-0.3, -0.25) is 9.59 Å². The van der Waals surface area contributed by atoms with Crippen LogP contribution in [0.1, 0.15) is 44.1 Å². The molecule has 2 fully saturated rings. The normalized spacial score (nSPS) is 21.8. The molecule has 2 aliphatic rings. The van der Waals surface area contributed by atoms with Gasteiger partial charge >= 0.3 is 0 Å². The fourth-order valence-corrected chi connectivity index (χ4v) is 4.89. The van der Waals surface area contributed by atoms with E-state index >= 15 is 0 Å². The number of nitrogens with one attached hydrogen (secondary N) is 1. The van der Waals surface area contributed by atoms with E-state index < -0.39 is 0 Å². The largest absolute Gasteiger partial charge is 0.352 e. The van der Waals surface area contributed by atoms with E-state index in [0.29, 0.717) is 32.0 Å². The lowest BCUT2D eigenvalue weighted by Crippen LogP contribution is -2.49. The van der Waals surface area contributed by atoms with E-state index in [9.17, 15) is 9.59 Å². The smallest absolute Gasteiger partial charge is 0.225 e. The summed E-state index contributed by atoms with van der Waals surface area (Å²) in [6, 6.07) is 8.81. The van der Waals surface area contributed by atoms with E-state index in [4.69, 9.17) is 0 Å². The third-order valence-corrected chi connectivity index (χ3v) is 6.46. The van der Waals surface area contributed by atoms with Crippen molar-refractivity contribution < 1.29 is 9.59 Å². The molecule has 1 aliphatic heterocycles. The van der Waals surface area contributed by atoms with Gasteiger partial charge in [-0.2, -0.15) is 0 Å². The van der Waals surface area contributed by atoms with Gasteiger partial charge in [0, 0.05) is 30.3 Å². The minimum absolute atomic E-state index is 0.0665. The van der Waals surface area contributed by atoms with Crippen LogP contribution in [0.4, 0.5) is 0 Å². The van der Waals surface area contributed by atoms with Crippen LogP contribution in [0.3, 0.4) is 0 Å². The van der Waals surface area contributed by atoms with Crippen LogP contribution in [-0.2, 0) is 16.1 Å². The zero-order valence-corrected chi connectivity index (χ0v) is 15.2. The summed E-state index contributed by atoms with van der Waals surface area (Å²) in [5.41, 5.74) is 1.12. The second-order valence-electron chi connectivity index (χ2n) is 7.23. The predicted octanol–water partition coefficient (Wildman–Crippen LogP) is 3.70. The molecular weight excluding hydrogens is 332 g/mol. The number of nitrogens with zero attached hydrogens (tertiary/aromatic N) is 1. The van der Waals surface area contributed by atoms with Gasteiger partial charge in [0.15, 0.2) is 0 Å². The summed E-state index contributed by atoms with van der Waals surface area (Å²) in [6.07, 6.45) is 5.79. The lowest BCUT2D eigenvalue weighted by Gasteiger charge is -2.36. The van der Waals surface area contributed by atoms with Crippen molar-refractivity contribution in [2.24, 2.45) is 5.92 Å². The quantitative estimate of drug-likeness (QED) is 0.908. The Morgan fingerprint density at radius 1 is 1.20 bits per heavy atom. The molecule has 1 saturated carbocycles. The maximum atomic E-state index is 12.6. The van der Waals surface area contributed by atoms with Crippen LogP contribution in [0, 0.1) is 5.92 Å². The number of amides is 2. The first-order valence-corrected chi connectivity index (χ1v) is 10.1. The molecule has 2 amide bonds. The molecule has 0 unspecified atom stereocenters. The van der Waals surface area contributed by atoms with E-state index in [2.05, 4.69) is 35.0 Å². The lowest BCUT2D eigenvalue weighted by atomic mass is 9.94. The third-order valence-electron chi connectivity index (χ3n) is 5.56. The molecule has 25 heavy (non-hydrogen) atoms. The van der Waals surface area contributed by atoms with Gasteiger partial charge in [0.25, 0.3) is 0 Å². The van der Waals surface area contributed by atoms with E-state index in [1.807, 2.05) is 4.90 Å². The molecular formula is C20H24N2O2S. The molecule has 4 rings (SSSR count). The van der Waals surface area contributed by atoms with E-state index in [1.165, 1.54) is 22.9 Å². The van der Waals surface area contributed by atoms with Crippen molar-refractivity contribution in [3.8, 4) is 0 Å². The van der Waals surface area contributed by atoms with Gasteiger partial charge < -0.3 is 10.2 Å². The molecule has 1 aromatic carbocycles. The van der Waals surface area contributed by atoms with E-state index in [0.717, 1.165) is 18.4 Å². The first kappa shape index (κ1) is 16.6. The molecule has 0 radical (unpaired) electrons. The van der Waals surface area contributed by atoms with Crippen LogP contribution >= 0.6 is 11.3 Å². The van der Waals surface area contributed by atoms with Crippen LogP contribution in [-0.4, -0.2) is 29.3 Å². The number of benzene rings is 1. The Morgan fingerprint density at radius 3 is 2.88 bits per heavy atom. The molecule has 4 nitrogen and oxygen atoms in total. The van der Waals surface area contributed by atoms with Gasteiger partial charge in [0.05, 0.1) is 5.92 Å². The highest BCUT2D eigenvalue weighted by Gasteiger charge is 2.34. The van der Waals surface area contributed by atoms with Crippen molar-refractivity contribution >= 4 is 33.2 Å². The fraction of sp³-hybridized carbons (Fsp3) is 0.500. The van der Waals surface area contributed by atoms with Crippen molar-refractivity contribution in [3.63, 3.8) is 0 Å². The van der Waals surface area contributed by atoms with Crippen LogP contribution < -0.4 is 5.32 Å². The summed E-state index contributed by atoms with van der Waals surface area (Å²) >= 11 is 1.73. The Balaban J connectivity index is 1.36. The minimum Gasteiger partial charge on any atom is -0.352 e. The molecule has 132 valence electrons. The van der Waals surface area contributed by atoms with E-state index in [-0.39, 0.29) is 17.7 Å². The number of hydrogen-bond donors (Lipinski definition) is 1. The number of piperidine rings is 1. The first-order chi connectivity index (χ1) is 12.2. The first-order valence-electron chi connectivity index (χ1n) is 9.24.